The average molecular weight is 696 g/mol. The SMILES string of the molecule is CN1CCN(C(=O)C2CCN(S(=O)(=O)c3ccc(NCC(c4ccccc4)c4ccccc4)c(C(=O)N4CCOCC4)c3)CC2)CC1.Cl. The van der Waals surface area contributed by atoms with Crippen LogP contribution >= 0.6 is 12.4 Å². The first-order chi connectivity index (χ1) is 22.8. The maximum Gasteiger partial charge on any atom is 0.256 e. The Kier molecular flexibility index (Phi) is 12.1. The van der Waals surface area contributed by atoms with E-state index in [1.807, 2.05) is 41.3 Å². The van der Waals surface area contributed by atoms with Crippen molar-refractivity contribution in [3.8, 4) is 0 Å². The van der Waals surface area contributed by atoms with Crippen LogP contribution in [-0.2, 0) is 19.6 Å². The molecule has 3 aromatic rings. The van der Waals surface area contributed by atoms with Gasteiger partial charge in [0.25, 0.3) is 5.91 Å². The second-order valence-electron chi connectivity index (χ2n) is 12.7. The molecule has 0 bridgehead atoms. The number of hydrogen-bond acceptors (Lipinski definition) is 7. The van der Waals surface area contributed by atoms with Crippen LogP contribution < -0.4 is 5.32 Å². The van der Waals surface area contributed by atoms with Crippen LogP contribution in [0.2, 0.25) is 0 Å². The van der Waals surface area contributed by atoms with E-state index in [4.69, 9.17) is 4.74 Å². The molecule has 0 aliphatic carbocycles. The van der Waals surface area contributed by atoms with E-state index in [0.717, 1.165) is 24.2 Å². The van der Waals surface area contributed by atoms with E-state index in [1.165, 1.54) is 10.4 Å². The number of nitrogens with zero attached hydrogens (tertiary/aromatic N) is 4. The van der Waals surface area contributed by atoms with Crippen molar-refractivity contribution in [2.45, 2.75) is 23.7 Å². The Bertz CT molecular complexity index is 1580. The van der Waals surface area contributed by atoms with Gasteiger partial charge in [-0.2, -0.15) is 4.31 Å². The first-order valence-electron chi connectivity index (χ1n) is 16.6. The third kappa shape index (κ3) is 8.20. The molecule has 2 amide bonds. The summed E-state index contributed by atoms with van der Waals surface area (Å²) in [6, 6.07) is 25.3. The van der Waals surface area contributed by atoms with Crippen LogP contribution in [-0.4, -0.2) is 118 Å². The predicted octanol–water partition coefficient (Wildman–Crippen LogP) is 4.00. The summed E-state index contributed by atoms with van der Waals surface area (Å²) < 4.78 is 34.9. The number of piperazine rings is 1. The Morgan fingerprint density at radius 2 is 1.38 bits per heavy atom. The number of carbonyl (C=O) groups excluding carboxylic acids is 2. The zero-order chi connectivity index (χ0) is 32.8. The highest BCUT2D eigenvalue weighted by atomic mass is 35.5. The van der Waals surface area contributed by atoms with Crippen molar-refractivity contribution in [3.63, 3.8) is 0 Å². The van der Waals surface area contributed by atoms with Crippen molar-refractivity contribution in [2.24, 2.45) is 5.92 Å². The zero-order valence-electron chi connectivity index (χ0n) is 27.5. The summed E-state index contributed by atoms with van der Waals surface area (Å²) >= 11 is 0. The molecule has 1 N–H and O–H groups in total. The van der Waals surface area contributed by atoms with Gasteiger partial charge in [0.15, 0.2) is 0 Å². The summed E-state index contributed by atoms with van der Waals surface area (Å²) in [7, 11) is -1.83. The van der Waals surface area contributed by atoms with Crippen LogP contribution in [0.5, 0.6) is 0 Å². The van der Waals surface area contributed by atoms with Gasteiger partial charge in [0, 0.05) is 76.4 Å². The Balaban J connectivity index is 0.00000451. The molecule has 258 valence electrons. The lowest BCUT2D eigenvalue weighted by Crippen LogP contribution is -2.51. The number of piperidine rings is 1. The zero-order valence-corrected chi connectivity index (χ0v) is 29.1. The highest BCUT2D eigenvalue weighted by molar-refractivity contribution is 7.89. The van der Waals surface area contributed by atoms with E-state index in [1.54, 1.807) is 17.0 Å². The number of sulfonamides is 1. The van der Waals surface area contributed by atoms with Crippen molar-refractivity contribution >= 4 is 39.9 Å². The number of hydrogen-bond donors (Lipinski definition) is 1. The molecule has 3 heterocycles. The molecule has 10 nitrogen and oxygen atoms in total. The minimum absolute atomic E-state index is 0. The number of amides is 2. The number of morpholine rings is 1. The number of carbonyl (C=O) groups is 2. The van der Waals surface area contributed by atoms with E-state index in [2.05, 4.69) is 41.5 Å². The number of ether oxygens (including phenoxy) is 1. The van der Waals surface area contributed by atoms with Crippen LogP contribution in [0.1, 0.15) is 40.2 Å². The number of nitrogens with one attached hydrogen (secondary N) is 1. The first-order valence-corrected chi connectivity index (χ1v) is 18.1. The molecule has 12 heteroatoms. The van der Waals surface area contributed by atoms with Crippen molar-refractivity contribution in [2.75, 3.05) is 84.5 Å². The van der Waals surface area contributed by atoms with E-state index in [-0.39, 0.29) is 54.0 Å². The fraction of sp³-hybridized carbons (Fsp3) is 0.444. The first kappa shape index (κ1) is 35.8. The molecule has 3 aliphatic rings. The lowest BCUT2D eigenvalue weighted by molar-refractivity contribution is -0.138. The molecular weight excluding hydrogens is 650 g/mol. The molecule has 0 aromatic heterocycles. The standard InChI is InChI=1S/C36H45N5O5S.ClH/c1-38-18-20-39(21-19-38)35(42)30-14-16-41(17-15-30)47(44,45)31-12-13-34(32(26-31)36(43)40-22-24-46-25-23-40)37-27-33(28-8-4-2-5-9-28)29-10-6-3-7-11-29;/h2-13,26,30,33,37H,14-25,27H2,1H3;1H. The molecule has 6 rings (SSSR count). The number of benzene rings is 3. The summed E-state index contributed by atoms with van der Waals surface area (Å²) in [6.45, 7) is 5.97. The Morgan fingerprint density at radius 1 is 0.792 bits per heavy atom. The monoisotopic (exact) mass is 695 g/mol. The van der Waals surface area contributed by atoms with Crippen LogP contribution in [0.25, 0.3) is 0 Å². The fourth-order valence-corrected chi connectivity index (χ4v) is 8.24. The normalized spacial score (nSPS) is 18.4. The predicted molar refractivity (Wildman–Crippen MR) is 189 cm³/mol. The van der Waals surface area contributed by atoms with E-state index in [0.29, 0.717) is 70.0 Å². The van der Waals surface area contributed by atoms with Gasteiger partial charge in [0.2, 0.25) is 15.9 Å². The number of rotatable bonds is 9. The second-order valence-corrected chi connectivity index (χ2v) is 14.6. The van der Waals surface area contributed by atoms with Gasteiger partial charge in [-0.1, -0.05) is 60.7 Å². The average Bonchev–Trinajstić information content (AvgIpc) is 3.13. The lowest BCUT2D eigenvalue weighted by atomic mass is 9.91. The second kappa shape index (κ2) is 16.3. The minimum atomic E-state index is -3.89. The van der Waals surface area contributed by atoms with Crippen molar-refractivity contribution in [1.29, 1.82) is 0 Å². The molecule has 0 radical (unpaired) electrons. The lowest BCUT2D eigenvalue weighted by Gasteiger charge is -2.37. The molecule has 0 unspecified atom stereocenters. The molecule has 3 aromatic carbocycles. The summed E-state index contributed by atoms with van der Waals surface area (Å²) in [5.41, 5.74) is 3.20. The van der Waals surface area contributed by atoms with Crippen LogP contribution in [0.3, 0.4) is 0 Å². The smallest absolute Gasteiger partial charge is 0.256 e. The van der Waals surface area contributed by atoms with Crippen molar-refractivity contribution in [3.05, 3.63) is 95.6 Å². The molecular formula is C36H46ClN5O5S. The molecule has 48 heavy (non-hydrogen) atoms. The van der Waals surface area contributed by atoms with Gasteiger partial charge in [-0.25, -0.2) is 8.42 Å². The maximum absolute atomic E-state index is 14.0. The van der Waals surface area contributed by atoms with Gasteiger partial charge in [-0.3, -0.25) is 9.59 Å². The largest absolute Gasteiger partial charge is 0.383 e. The Labute approximate surface area is 290 Å². The highest BCUT2D eigenvalue weighted by Crippen LogP contribution is 2.31. The van der Waals surface area contributed by atoms with Crippen LogP contribution in [0.4, 0.5) is 5.69 Å². The van der Waals surface area contributed by atoms with E-state index in [9.17, 15) is 18.0 Å². The maximum atomic E-state index is 14.0. The molecule has 0 spiro atoms. The summed E-state index contributed by atoms with van der Waals surface area (Å²) in [6.07, 6.45) is 0.980. The van der Waals surface area contributed by atoms with Gasteiger partial charge < -0.3 is 24.8 Å². The molecule has 3 fully saturated rings. The summed E-state index contributed by atoms with van der Waals surface area (Å²) in [5.74, 6) is -0.243. The van der Waals surface area contributed by atoms with Gasteiger partial charge >= 0.3 is 0 Å². The molecule has 0 atom stereocenters. The Morgan fingerprint density at radius 3 is 1.96 bits per heavy atom. The van der Waals surface area contributed by atoms with Crippen molar-refractivity contribution < 1.29 is 22.7 Å². The van der Waals surface area contributed by atoms with Crippen LogP contribution in [0.15, 0.2) is 83.8 Å². The highest BCUT2D eigenvalue weighted by Gasteiger charge is 2.35. The van der Waals surface area contributed by atoms with Gasteiger partial charge in [0.1, 0.15) is 0 Å². The van der Waals surface area contributed by atoms with Gasteiger partial charge in [0.05, 0.1) is 23.7 Å². The molecule has 3 saturated heterocycles. The third-order valence-corrected chi connectivity index (χ3v) is 11.6. The number of halogens is 1. The van der Waals surface area contributed by atoms with Crippen LogP contribution in [0, 0.1) is 5.92 Å². The summed E-state index contributed by atoms with van der Waals surface area (Å²) in [5, 5.41) is 3.51. The van der Waals surface area contributed by atoms with E-state index >= 15 is 0 Å². The van der Waals surface area contributed by atoms with E-state index < -0.39 is 10.0 Å². The van der Waals surface area contributed by atoms with Gasteiger partial charge in [-0.15, -0.1) is 12.4 Å². The number of anilines is 1. The topological polar surface area (TPSA) is 102 Å². The summed E-state index contributed by atoms with van der Waals surface area (Å²) in [4.78, 5) is 33.0. The third-order valence-electron chi connectivity index (χ3n) is 9.68. The number of likely N-dealkylation sites (N-methyl/N-ethyl adjacent to an activating group) is 1. The van der Waals surface area contributed by atoms with Crippen molar-refractivity contribution in [1.82, 2.24) is 19.0 Å². The molecule has 3 aliphatic heterocycles. The fourth-order valence-electron chi connectivity index (χ4n) is 6.74. The van der Waals surface area contributed by atoms with Gasteiger partial charge in [-0.05, 0) is 49.2 Å². The molecule has 0 saturated carbocycles. The quantitative estimate of drug-likeness (QED) is 0.361. The minimum Gasteiger partial charge on any atom is -0.383 e. The Hall–Kier alpha value is -3.48.